The first-order valence-electron chi connectivity index (χ1n) is 6.49. The number of hydrogen-bond donors (Lipinski definition) is 1. The van der Waals surface area contributed by atoms with Crippen molar-refractivity contribution in [1.82, 2.24) is 0 Å². The van der Waals surface area contributed by atoms with Gasteiger partial charge in [0.1, 0.15) is 5.76 Å². The highest BCUT2D eigenvalue weighted by Gasteiger charge is 1.68. The van der Waals surface area contributed by atoms with Crippen molar-refractivity contribution in [2.75, 3.05) is 0 Å². The molecular formula is C16H36O. The highest BCUT2D eigenvalue weighted by atomic mass is 16.3. The van der Waals surface area contributed by atoms with Gasteiger partial charge >= 0.3 is 0 Å². The van der Waals surface area contributed by atoms with Crippen LogP contribution in [0, 0.1) is 5.92 Å². The Kier molecular flexibility index (Phi) is 80.4. The number of allylic oxidation sites excluding steroid dienone is 3. The van der Waals surface area contributed by atoms with Crippen molar-refractivity contribution in [1.29, 1.82) is 0 Å². The summed E-state index contributed by atoms with van der Waals surface area (Å²) < 4.78 is 0. The van der Waals surface area contributed by atoms with Gasteiger partial charge in [-0.1, -0.05) is 73.8 Å². The standard InChI is InChI=1S/C4H6O.C4H10.C4H8.2C2H6/c1-3-4(2)5;1-4(2)3;1-3-4-2;2*1-2/h3,5H,1-2H2;4H,1-3H3;3-4H,1-2H3;2*1-2H3/b;;4-3-;;. The molecule has 0 radical (unpaired) electrons. The maximum atomic E-state index is 8.05. The topological polar surface area (TPSA) is 20.2 Å². The molecule has 0 bridgehead atoms. The van der Waals surface area contributed by atoms with Gasteiger partial charge in [-0.3, -0.25) is 0 Å². The molecule has 0 saturated carbocycles. The van der Waals surface area contributed by atoms with E-state index in [-0.39, 0.29) is 5.76 Å². The van der Waals surface area contributed by atoms with E-state index in [2.05, 4.69) is 33.9 Å². The third-order valence-corrected chi connectivity index (χ3v) is 0.569. The van der Waals surface area contributed by atoms with Crippen molar-refractivity contribution >= 4 is 0 Å². The zero-order chi connectivity index (χ0) is 15.3. The zero-order valence-corrected chi connectivity index (χ0v) is 13.7. The second-order valence-corrected chi connectivity index (χ2v) is 3.09. The quantitative estimate of drug-likeness (QED) is 0.315. The number of hydrogen-bond acceptors (Lipinski definition) is 1. The van der Waals surface area contributed by atoms with Gasteiger partial charge in [0.15, 0.2) is 0 Å². The van der Waals surface area contributed by atoms with Crippen molar-refractivity contribution in [3.05, 3.63) is 37.1 Å². The summed E-state index contributed by atoms with van der Waals surface area (Å²) in [7, 11) is 0. The lowest BCUT2D eigenvalue weighted by molar-refractivity contribution is 0.435. The Labute approximate surface area is 111 Å². The summed E-state index contributed by atoms with van der Waals surface area (Å²) in [6.07, 6.45) is 5.28. The molecule has 0 aromatic carbocycles. The Morgan fingerprint density at radius 3 is 1.06 bits per heavy atom. The third-order valence-electron chi connectivity index (χ3n) is 0.569. The van der Waals surface area contributed by atoms with Crippen molar-refractivity contribution < 1.29 is 5.11 Å². The van der Waals surface area contributed by atoms with Crippen molar-refractivity contribution in [2.24, 2.45) is 5.92 Å². The van der Waals surface area contributed by atoms with Crippen LogP contribution in [0.1, 0.15) is 62.3 Å². The Balaban J connectivity index is -0.0000000371. The van der Waals surface area contributed by atoms with Crippen LogP contribution in [0.15, 0.2) is 37.1 Å². The molecule has 0 aromatic heterocycles. The van der Waals surface area contributed by atoms with Gasteiger partial charge in [-0.25, -0.2) is 0 Å². The van der Waals surface area contributed by atoms with E-state index in [1.54, 1.807) is 0 Å². The summed E-state index contributed by atoms with van der Waals surface area (Å²) in [5.41, 5.74) is 0. The SMILES string of the molecule is C/C=C\C.C=CC(=C)O.CC.CC.CC(C)C. The lowest BCUT2D eigenvalue weighted by atomic mass is 10.3. The molecule has 0 aromatic rings. The molecule has 1 nitrogen and oxygen atoms in total. The summed E-state index contributed by atoms with van der Waals surface area (Å²) in [6, 6.07) is 0. The van der Waals surface area contributed by atoms with Gasteiger partial charge < -0.3 is 5.11 Å². The Morgan fingerprint density at radius 1 is 0.941 bits per heavy atom. The minimum absolute atomic E-state index is 0.0185. The molecule has 0 saturated heterocycles. The molecule has 1 N–H and O–H groups in total. The van der Waals surface area contributed by atoms with E-state index in [9.17, 15) is 0 Å². The van der Waals surface area contributed by atoms with Crippen LogP contribution in [0.3, 0.4) is 0 Å². The van der Waals surface area contributed by atoms with E-state index in [0.29, 0.717) is 0 Å². The normalized spacial score (nSPS) is 6.94. The summed E-state index contributed by atoms with van der Waals surface area (Å²) in [6.45, 7) is 24.8. The monoisotopic (exact) mass is 244 g/mol. The molecule has 106 valence electrons. The second kappa shape index (κ2) is 45.9. The minimum Gasteiger partial charge on any atom is -0.509 e. The van der Waals surface area contributed by atoms with Crippen molar-refractivity contribution in [2.45, 2.75) is 62.3 Å². The van der Waals surface area contributed by atoms with Crippen LogP contribution >= 0.6 is 0 Å². The minimum atomic E-state index is 0.0185. The van der Waals surface area contributed by atoms with Crippen LogP contribution in [0.4, 0.5) is 0 Å². The molecule has 0 amide bonds. The van der Waals surface area contributed by atoms with Crippen LogP contribution in [0.5, 0.6) is 0 Å². The first-order valence-corrected chi connectivity index (χ1v) is 6.49. The molecule has 0 heterocycles. The fourth-order valence-corrected chi connectivity index (χ4v) is 0. The molecule has 0 rings (SSSR count). The van der Waals surface area contributed by atoms with E-state index < -0.39 is 0 Å². The smallest absolute Gasteiger partial charge is 0.107 e. The summed E-state index contributed by atoms with van der Waals surface area (Å²) >= 11 is 0. The number of aliphatic hydroxyl groups excluding tert-OH is 1. The summed E-state index contributed by atoms with van der Waals surface area (Å²) in [5.74, 6) is 0.852. The summed E-state index contributed by atoms with van der Waals surface area (Å²) in [4.78, 5) is 0. The summed E-state index contributed by atoms with van der Waals surface area (Å²) in [5, 5.41) is 8.05. The highest BCUT2D eigenvalue weighted by molar-refractivity contribution is 4.98. The fraction of sp³-hybridized carbons (Fsp3) is 0.625. The lowest BCUT2D eigenvalue weighted by Gasteiger charge is -1.79. The molecular weight excluding hydrogens is 208 g/mol. The van der Waals surface area contributed by atoms with Crippen molar-refractivity contribution in [3.8, 4) is 0 Å². The molecule has 0 unspecified atom stereocenters. The van der Waals surface area contributed by atoms with Crippen LogP contribution in [0.2, 0.25) is 0 Å². The van der Waals surface area contributed by atoms with Gasteiger partial charge in [0.25, 0.3) is 0 Å². The van der Waals surface area contributed by atoms with Crippen molar-refractivity contribution in [3.63, 3.8) is 0 Å². The van der Waals surface area contributed by atoms with Gasteiger partial charge in [0, 0.05) is 0 Å². The van der Waals surface area contributed by atoms with Gasteiger partial charge in [0.2, 0.25) is 0 Å². The third kappa shape index (κ3) is 624. The second-order valence-electron chi connectivity index (χ2n) is 3.09. The maximum Gasteiger partial charge on any atom is 0.107 e. The molecule has 1 heteroatoms. The van der Waals surface area contributed by atoms with Gasteiger partial charge in [-0.05, 0) is 25.8 Å². The van der Waals surface area contributed by atoms with Crippen LogP contribution in [-0.4, -0.2) is 5.11 Å². The van der Waals surface area contributed by atoms with E-state index in [0.717, 1.165) is 5.92 Å². The maximum absolute atomic E-state index is 8.05. The number of aliphatic hydroxyl groups is 1. The molecule has 0 aliphatic rings. The van der Waals surface area contributed by atoms with Gasteiger partial charge in [0.05, 0.1) is 0 Å². The molecule has 0 aliphatic heterocycles. The Bertz CT molecular complexity index is 126. The lowest BCUT2D eigenvalue weighted by Crippen LogP contribution is -1.66. The van der Waals surface area contributed by atoms with Crippen LogP contribution in [-0.2, 0) is 0 Å². The Morgan fingerprint density at radius 2 is 1.06 bits per heavy atom. The van der Waals surface area contributed by atoms with Gasteiger partial charge in [-0.15, -0.1) is 0 Å². The average Bonchev–Trinajstić information content (AvgIpc) is 2.33. The molecule has 0 spiro atoms. The first-order chi connectivity index (χ1) is 7.92. The van der Waals surface area contributed by atoms with Crippen LogP contribution < -0.4 is 0 Å². The first kappa shape index (κ1) is 29.8. The largest absolute Gasteiger partial charge is 0.509 e. The predicted octanol–water partition coefficient (Wildman–Crippen LogP) is 6.54. The molecule has 0 aliphatic carbocycles. The predicted molar refractivity (Wildman–Crippen MR) is 85.7 cm³/mol. The fourth-order valence-electron chi connectivity index (χ4n) is 0. The average molecular weight is 244 g/mol. The zero-order valence-electron chi connectivity index (χ0n) is 13.7. The van der Waals surface area contributed by atoms with E-state index in [1.165, 1.54) is 6.08 Å². The molecule has 17 heavy (non-hydrogen) atoms. The van der Waals surface area contributed by atoms with E-state index in [1.807, 2.05) is 53.7 Å². The van der Waals surface area contributed by atoms with Gasteiger partial charge in [-0.2, -0.15) is 0 Å². The highest BCUT2D eigenvalue weighted by Crippen LogP contribution is 1.81. The van der Waals surface area contributed by atoms with E-state index in [4.69, 9.17) is 5.11 Å². The molecule has 0 fully saturated rings. The molecule has 0 atom stereocenters. The number of rotatable bonds is 1. The Hall–Kier alpha value is -0.980. The van der Waals surface area contributed by atoms with Crippen LogP contribution in [0.25, 0.3) is 0 Å². The van der Waals surface area contributed by atoms with E-state index >= 15 is 0 Å².